The van der Waals surface area contributed by atoms with Crippen LogP contribution in [-0.2, 0) is 9.53 Å². The molecule has 0 saturated heterocycles. The summed E-state index contributed by atoms with van der Waals surface area (Å²) < 4.78 is 5.95. The van der Waals surface area contributed by atoms with Crippen molar-refractivity contribution in [2.45, 2.75) is 66.0 Å². The Labute approximate surface area is 169 Å². The second-order valence-corrected chi connectivity index (χ2v) is 8.72. The first-order chi connectivity index (χ1) is 13.2. The fourth-order valence-corrected chi connectivity index (χ4v) is 3.91. The summed E-state index contributed by atoms with van der Waals surface area (Å²) in [5, 5.41) is 2.85. The Hall–Kier alpha value is -2.28. The molecule has 0 bridgehead atoms. The van der Waals surface area contributed by atoms with Gasteiger partial charge < -0.3 is 10.1 Å². The van der Waals surface area contributed by atoms with E-state index >= 15 is 0 Å². The van der Waals surface area contributed by atoms with Gasteiger partial charge in [-0.05, 0) is 60.8 Å². The number of amides is 1. The van der Waals surface area contributed by atoms with E-state index in [0.29, 0.717) is 28.9 Å². The average Bonchev–Trinajstić information content (AvgIpc) is 2.65. The third kappa shape index (κ3) is 5.61. The van der Waals surface area contributed by atoms with Crippen molar-refractivity contribution in [1.29, 1.82) is 0 Å². The van der Waals surface area contributed by atoms with Crippen molar-refractivity contribution in [2.75, 3.05) is 0 Å². The van der Waals surface area contributed by atoms with E-state index in [4.69, 9.17) is 11.2 Å². The first-order valence-electron chi connectivity index (χ1n) is 10.3. The highest BCUT2D eigenvalue weighted by molar-refractivity contribution is 5.97. The standard InChI is InChI=1S/C24H33NO3/c1-7-18-9-11-19(12-10-18)23(26)25-22(16(4)5)24(27)28-21-14-17(6)8-13-20(21)15(2)3/h1,9-12,15-17,20-22H,8,13-14H2,2-6H3,(H,25,26)/t17-,20+,21-,22+/m1/s1. The highest BCUT2D eigenvalue weighted by atomic mass is 16.5. The summed E-state index contributed by atoms with van der Waals surface area (Å²) in [6.45, 7) is 10.4. The van der Waals surface area contributed by atoms with Crippen molar-refractivity contribution in [3.63, 3.8) is 0 Å². The fourth-order valence-electron chi connectivity index (χ4n) is 3.91. The largest absolute Gasteiger partial charge is 0.461 e. The minimum absolute atomic E-state index is 0.0695. The van der Waals surface area contributed by atoms with Crippen LogP contribution in [-0.4, -0.2) is 24.0 Å². The number of benzene rings is 1. The molecule has 1 saturated carbocycles. The molecule has 0 aromatic heterocycles. The Morgan fingerprint density at radius 3 is 2.32 bits per heavy atom. The van der Waals surface area contributed by atoms with Crippen molar-refractivity contribution in [2.24, 2.45) is 23.7 Å². The number of hydrogen-bond donors (Lipinski definition) is 1. The van der Waals surface area contributed by atoms with E-state index in [0.717, 1.165) is 12.8 Å². The first-order valence-corrected chi connectivity index (χ1v) is 10.3. The van der Waals surface area contributed by atoms with Gasteiger partial charge in [-0.25, -0.2) is 4.79 Å². The Bertz CT molecular complexity index is 714. The molecule has 4 heteroatoms. The molecular weight excluding hydrogens is 350 g/mol. The maximum Gasteiger partial charge on any atom is 0.329 e. The lowest BCUT2D eigenvalue weighted by Gasteiger charge is -2.37. The number of nitrogens with one attached hydrogen (secondary N) is 1. The maximum absolute atomic E-state index is 12.9. The van der Waals surface area contributed by atoms with E-state index in [1.54, 1.807) is 24.3 Å². The minimum atomic E-state index is -0.676. The normalized spacial score (nSPS) is 23.1. The van der Waals surface area contributed by atoms with Crippen molar-refractivity contribution in [1.82, 2.24) is 5.32 Å². The number of ether oxygens (including phenoxy) is 1. The second kappa shape index (κ2) is 9.78. The van der Waals surface area contributed by atoms with E-state index in [2.05, 4.69) is 32.0 Å². The Balaban J connectivity index is 2.08. The van der Waals surface area contributed by atoms with Crippen molar-refractivity contribution in [3.05, 3.63) is 35.4 Å². The molecule has 4 atom stereocenters. The lowest BCUT2D eigenvalue weighted by atomic mass is 9.75. The van der Waals surface area contributed by atoms with Gasteiger partial charge in [-0.15, -0.1) is 6.42 Å². The second-order valence-electron chi connectivity index (χ2n) is 8.72. The number of carbonyl (C=O) groups is 2. The summed E-state index contributed by atoms with van der Waals surface area (Å²) in [4.78, 5) is 25.5. The fraction of sp³-hybridized carbons (Fsp3) is 0.583. The van der Waals surface area contributed by atoms with E-state index in [1.165, 1.54) is 6.42 Å². The third-order valence-electron chi connectivity index (χ3n) is 5.75. The van der Waals surface area contributed by atoms with Gasteiger partial charge in [-0.2, -0.15) is 0 Å². The van der Waals surface area contributed by atoms with E-state index < -0.39 is 6.04 Å². The molecule has 1 fully saturated rings. The van der Waals surface area contributed by atoms with Crippen LogP contribution in [0.1, 0.15) is 69.8 Å². The first kappa shape index (κ1) is 22.0. The van der Waals surface area contributed by atoms with Crippen LogP contribution in [0, 0.1) is 36.0 Å². The van der Waals surface area contributed by atoms with Crippen LogP contribution in [0.25, 0.3) is 0 Å². The highest BCUT2D eigenvalue weighted by Gasteiger charge is 2.36. The summed E-state index contributed by atoms with van der Waals surface area (Å²) in [6, 6.07) is 6.10. The number of terminal acetylenes is 1. The molecule has 1 aliphatic rings. The van der Waals surface area contributed by atoms with Crippen LogP contribution in [0.5, 0.6) is 0 Å². The summed E-state index contributed by atoms with van der Waals surface area (Å²) >= 11 is 0. The van der Waals surface area contributed by atoms with Crippen molar-refractivity contribution >= 4 is 11.9 Å². The zero-order valence-corrected chi connectivity index (χ0v) is 17.7. The zero-order valence-electron chi connectivity index (χ0n) is 17.7. The van der Waals surface area contributed by atoms with Crippen LogP contribution in [0.2, 0.25) is 0 Å². The molecule has 152 valence electrons. The molecule has 0 aliphatic heterocycles. The zero-order chi connectivity index (χ0) is 20.8. The molecule has 1 aliphatic carbocycles. The molecule has 28 heavy (non-hydrogen) atoms. The Morgan fingerprint density at radius 2 is 1.79 bits per heavy atom. The van der Waals surface area contributed by atoms with Gasteiger partial charge in [-0.1, -0.05) is 47.0 Å². The van der Waals surface area contributed by atoms with Gasteiger partial charge >= 0.3 is 5.97 Å². The van der Waals surface area contributed by atoms with E-state index in [1.807, 2.05) is 13.8 Å². The predicted molar refractivity (Wildman–Crippen MR) is 112 cm³/mol. The summed E-state index contributed by atoms with van der Waals surface area (Å²) in [7, 11) is 0. The summed E-state index contributed by atoms with van der Waals surface area (Å²) in [6.07, 6.45) is 8.42. The van der Waals surface area contributed by atoms with Gasteiger partial charge in [0.1, 0.15) is 12.1 Å². The molecule has 0 spiro atoms. The topological polar surface area (TPSA) is 55.4 Å². The smallest absolute Gasteiger partial charge is 0.329 e. The van der Waals surface area contributed by atoms with Gasteiger partial charge in [0.2, 0.25) is 0 Å². The summed E-state index contributed by atoms with van der Waals surface area (Å²) in [5.74, 6) is 3.21. The highest BCUT2D eigenvalue weighted by Crippen LogP contribution is 2.35. The molecule has 1 aromatic carbocycles. The van der Waals surface area contributed by atoms with Crippen LogP contribution in [0.3, 0.4) is 0 Å². The number of hydrogen-bond acceptors (Lipinski definition) is 3. The number of carbonyl (C=O) groups excluding carboxylic acids is 2. The lowest BCUT2D eigenvalue weighted by molar-refractivity contribution is -0.159. The van der Waals surface area contributed by atoms with Gasteiger partial charge in [-0.3, -0.25) is 4.79 Å². The monoisotopic (exact) mass is 383 g/mol. The number of rotatable bonds is 6. The number of esters is 1. The third-order valence-corrected chi connectivity index (χ3v) is 5.75. The van der Waals surface area contributed by atoms with Crippen molar-refractivity contribution < 1.29 is 14.3 Å². The van der Waals surface area contributed by atoms with Gasteiger partial charge in [0.25, 0.3) is 5.91 Å². The van der Waals surface area contributed by atoms with Gasteiger partial charge in [0, 0.05) is 11.1 Å². The van der Waals surface area contributed by atoms with Crippen LogP contribution >= 0.6 is 0 Å². The summed E-state index contributed by atoms with van der Waals surface area (Å²) in [5.41, 5.74) is 1.19. The molecule has 1 amide bonds. The minimum Gasteiger partial charge on any atom is -0.461 e. The lowest BCUT2D eigenvalue weighted by Crippen LogP contribution is -2.48. The maximum atomic E-state index is 12.9. The Morgan fingerprint density at radius 1 is 1.14 bits per heavy atom. The van der Waals surface area contributed by atoms with Crippen LogP contribution in [0.15, 0.2) is 24.3 Å². The molecule has 2 rings (SSSR count). The molecule has 4 nitrogen and oxygen atoms in total. The molecule has 0 heterocycles. The SMILES string of the molecule is C#Cc1ccc(C(=O)N[C@H](C(=O)O[C@@H]2C[C@H](C)CC[C@H]2C(C)C)C(C)C)cc1. The molecule has 1 N–H and O–H groups in total. The van der Waals surface area contributed by atoms with E-state index in [9.17, 15) is 9.59 Å². The molecule has 0 unspecified atom stereocenters. The van der Waals surface area contributed by atoms with Crippen LogP contribution in [0.4, 0.5) is 0 Å². The average molecular weight is 384 g/mol. The predicted octanol–water partition coefficient (Wildman–Crippen LogP) is 4.43. The van der Waals surface area contributed by atoms with E-state index in [-0.39, 0.29) is 23.9 Å². The quantitative estimate of drug-likeness (QED) is 0.584. The van der Waals surface area contributed by atoms with Crippen LogP contribution < -0.4 is 5.32 Å². The molecular formula is C24H33NO3. The Kier molecular flexibility index (Phi) is 7.69. The van der Waals surface area contributed by atoms with Crippen molar-refractivity contribution in [3.8, 4) is 12.3 Å². The van der Waals surface area contributed by atoms with Gasteiger partial charge in [0.05, 0.1) is 0 Å². The molecule has 1 aromatic rings. The van der Waals surface area contributed by atoms with Gasteiger partial charge in [0.15, 0.2) is 0 Å². The molecule has 0 radical (unpaired) electrons.